The maximum absolute atomic E-state index is 5.77. The summed E-state index contributed by atoms with van der Waals surface area (Å²) in [6.45, 7) is 15.3. The number of nitrogens with one attached hydrogen (secondary N) is 1. The SMILES string of the molecule is CC.CCCCOCC.C[NH+](C)CCC(C)(C)N. The quantitative estimate of drug-likeness (QED) is 0.691. The van der Waals surface area contributed by atoms with Crippen LogP contribution in [0.1, 0.15) is 60.8 Å². The fourth-order valence-corrected chi connectivity index (χ4v) is 0.963. The van der Waals surface area contributed by atoms with Gasteiger partial charge in [0.1, 0.15) is 0 Å². The van der Waals surface area contributed by atoms with Crippen molar-refractivity contribution in [1.82, 2.24) is 0 Å². The molecule has 3 nitrogen and oxygen atoms in total. The minimum absolute atomic E-state index is 0.0112. The summed E-state index contributed by atoms with van der Waals surface area (Å²) in [7, 11) is 4.29. The molecule has 0 fully saturated rings. The van der Waals surface area contributed by atoms with Crippen LogP contribution in [-0.4, -0.2) is 39.4 Å². The third-order valence-corrected chi connectivity index (χ3v) is 2.12. The van der Waals surface area contributed by atoms with Crippen LogP contribution in [0.4, 0.5) is 0 Å². The van der Waals surface area contributed by atoms with Gasteiger partial charge in [0.15, 0.2) is 0 Å². The average molecular weight is 263 g/mol. The number of unbranched alkanes of at least 4 members (excludes halogenated alkanes) is 1. The van der Waals surface area contributed by atoms with E-state index in [1.165, 1.54) is 17.7 Å². The summed E-state index contributed by atoms with van der Waals surface area (Å²) in [6.07, 6.45) is 3.53. The zero-order valence-corrected chi connectivity index (χ0v) is 14.2. The molecular weight excluding hydrogens is 224 g/mol. The largest absolute Gasteiger partial charge is 0.382 e. The molecule has 0 unspecified atom stereocenters. The van der Waals surface area contributed by atoms with Crippen molar-refractivity contribution < 1.29 is 9.64 Å². The van der Waals surface area contributed by atoms with E-state index in [4.69, 9.17) is 10.5 Å². The summed E-state index contributed by atoms with van der Waals surface area (Å²) >= 11 is 0. The molecule has 0 rings (SSSR count). The smallest absolute Gasteiger partial charge is 0.0784 e. The molecule has 0 spiro atoms. The number of ether oxygens (including phenoxy) is 1. The molecule has 0 aromatic rings. The molecule has 0 aliphatic heterocycles. The first-order valence-electron chi connectivity index (χ1n) is 7.49. The van der Waals surface area contributed by atoms with Gasteiger partial charge in [-0.15, -0.1) is 0 Å². The van der Waals surface area contributed by atoms with Crippen molar-refractivity contribution in [2.24, 2.45) is 5.73 Å². The number of hydrogen-bond acceptors (Lipinski definition) is 2. The van der Waals surface area contributed by atoms with Gasteiger partial charge in [0.05, 0.1) is 20.6 Å². The number of quaternary nitrogens is 1. The highest BCUT2D eigenvalue weighted by Crippen LogP contribution is 1.99. The Morgan fingerprint density at radius 2 is 1.61 bits per heavy atom. The molecule has 3 N–H and O–H groups in total. The minimum atomic E-state index is 0.0112. The van der Waals surface area contributed by atoms with Gasteiger partial charge in [-0.05, 0) is 27.2 Å². The highest BCUT2D eigenvalue weighted by Gasteiger charge is 2.11. The van der Waals surface area contributed by atoms with Crippen LogP contribution in [-0.2, 0) is 4.74 Å². The third-order valence-electron chi connectivity index (χ3n) is 2.12. The van der Waals surface area contributed by atoms with Crippen LogP contribution in [0.2, 0.25) is 0 Å². The first kappa shape index (κ1) is 23.0. The predicted molar refractivity (Wildman–Crippen MR) is 83.3 cm³/mol. The van der Waals surface area contributed by atoms with Crippen molar-refractivity contribution in [1.29, 1.82) is 0 Å². The summed E-state index contributed by atoms with van der Waals surface area (Å²) in [4.78, 5) is 1.47. The highest BCUT2D eigenvalue weighted by atomic mass is 16.5. The molecule has 0 aliphatic rings. The molecular formula is C15H39N2O+. The van der Waals surface area contributed by atoms with E-state index in [0.29, 0.717) is 0 Å². The monoisotopic (exact) mass is 263 g/mol. The Hall–Kier alpha value is -0.120. The van der Waals surface area contributed by atoms with Gasteiger partial charge in [0.25, 0.3) is 0 Å². The molecule has 0 atom stereocenters. The van der Waals surface area contributed by atoms with E-state index in [2.05, 4.69) is 34.9 Å². The van der Waals surface area contributed by atoms with Gasteiger partial charge in [-0.3, -0.25) is 0 Å². The molecule has 0 bridgehead atoms. The van der Waals surface area contributed by atoms with Crippen molar-refractivity contribution in [2.45, 2.75) is 66.3 Å². The van der Waals surface area contributed by atoms with Crippen LogP contribution in [0, 0.1) is 0 Å². The lowest BCUT2D eigenvalue weighted by atomic mass is 10.0. The minimum Gasteiger partial charge on any atom is -0.382 e. The summed E-state index contributed by atoms with van der Waals surface area (Å²) in [5.74, 6) is 0. The molecule has 0 aliphatic carbocycles. The van der Waals surface area contributed by atoms with Crippen molar-refractivity contribution in [3.8, 4) is 0 Å². The van der Waals surface area contributed by atoms with Gasteiger partial charge in [0.2, 0.25) is 0 Å². The summed E-state index contributed by atoms with van der Waals surface area (Å²) in [6, 6.07) is 0. The van der Waals surface area contributed by atoms with Crippen LogP contribution in [0.5, 0.6) is 0 Å². The van der Waals surface area contributed by atoms with E-state index in [0.717, 1.165) is 26.2 Å². The fraction of sp³-hybridized carbons (Fsp3) is 1.00. The Morgan fingerprint density at radius 3 is 1.83 bits per heavy atom. The van der Waals surface area contributed by atoms with E-state index in [9.17, 15) is 0 Å². The van der Waals surface area contributed by atoms with Gasteiger partial charge in [-0.1, -0.05) is 27.2 Å². The molecule has 114 valence electrons. The highest BCUT2D eigenvalue weighted by molar-refractivity contribution is 4.69. The van der Waals surface area contributed by atoms with Gasteiger partial charge in [-0.2, -0.15) is 0 Å². The number of nitrogens with two attached hydrogens (primary N) is 1. The lowest BCUT2D eigenvalue weighted by Gasteiger charge is -2.18. The normalized spacial score (nSPS) is 10.3. The molecule has 0 heterocycles. The number of hydrogen-bond donors (Lipinski definition) is 2. The van der Waals surface area contributed by atoms with Crippen LogP contribution in [0.25, 0.3) is 0 Å². The van der Waals surface area contributed by atoms with Crippen molar-refractivity contribution >= 4 is 0 Å². The lowest BCUT2D eigenvalue weighted by molar-refractivity contribution is -0.858. The predicted octanol–water partition coefficient (Wildman–Crippen LogP) is 2.11. The van der Waals surface area contributed by atoms with E-state index >= 15 is 0 Å². The molecule has 0 aromatic heterocycles. The molecule has 0 aromatic carbocycles. The van der Waals surface area contributed by atoms with E-state index in [1.807, 2.05) is 20.8 Å². The lowest BCUT2D eigenvalue weighted by Crippen LogP contribution is -3.06. The Morgan fingerprint density at radius 1 is 1.11 bits per heavy atom. The Balaban J connectivity index is -0.000000225. The van der Waals surface area contributed by atoms with Gasteiger partial charge >= 0.3 is 0 Å². The van der Waals surface area contributed by atoms with E-state index < -0.39 is 0 Å². The van der Waals surface area contributed by atoms with Crippen molar-refractivity contribution in [2.75, 3.05) is 33.9 Å². The van der Waals surface area contributed by atoms with Crippen LogP contribution < -0.4 is 10.6 Å². The number of rotatable bonds is 7. The molecule has 0 saturated carbocycles. The van der Waals surface area contributed by atoms with Crippen molar-refractivity contribution in [3.05, 3.63) is 0 Å². The van der Waals surface area contributed by atoms with Crippen LogP contribution >= 0.6 is 0 Å². The first-order valence-corrected chi connectivity index (χ1v) is 7.49. The Kier molecular flexibility index (Phi) is 21.6. The van der Waals surface area contributed by atoms with Gasteiger partial charge in [-0.25, -0.2) is 0 Å². The van der Waals surface area contributed by atoms with Gasteiger partial charge in [0, 0.05) is 25.2 Å². The van der Waals surface area contributed by atoms with E-state index in [1.54, 1.807) is 0 Å². The fourth-order valence-electron chi connectivity index (χ4n) is 0.963. The maximum Gasteiger partial charge on any atom is 0.0784 e. The standard InChI is InChI=1S/C7H18N2.C6H14O.C2H6/c1-7(2,8)5-6-9(3)4;1-3-5-6-7-4-2;1-2/h5-6,8H2,1-4H3;3-6H2,1-2H3;1-2H3/p+1. The second-order valence-electron chi connectivity index (χ2n) is 5.25. The van der Waals surface area contributed by atoms with Crippen LogP contribution in [0.3, 0.4) is 0 Å². The summed E-state index contributed by atoms with van der Waals surface area (Å²) in [5, 5.41) is 0. The summed E-state index contributed by atoms with van der Waals surface area (Å²) < 4.78 is 5.07. The molecule has 0 amide bonds. The second kappa shape index (κ2) is 16.9. The van der Waals surface area contributed by atoms with Crippen molar-refractivity contribution in [3.63, 3.8) is 0 Å². The Labute approximate surface area is 116 Å². The third kappa shape index (κ3) is 36.0. The van der Waals surface area contributed by atoms with Gasteiger partial charge < -0.3 is 15.4 Å². The topological polar surface area (TPSA) is 39.7 Å². The average Bonchev–Trinajstić information content (AvgIpc) is 2.30. The zero-order chi connectivity index (χ0) is 15.0. The molecule has 3 heteroatoms. The Bertz CT molecular complexity index is 127. The van der Waals surface area contributed by atoms with E-state index in [-0.39, 0.29) is 5.54 Å². The first-order chi connectivity index (χ1) is 8.33. The molecule has 0 radical (unpaired) electrons. The summed E-state index contributed by atoms with van der Waals surface area (Å²) in [5.41, 5.74) is 5.78. The molecule has 18 heavy (non-hydrogen) atoms. The van der Waals surface area contributed by atoms with Crippen LogP contribution in [0.15, 0.2) is 0 Å². The zero-order valence-electron chi connectivity index (χ0n) is 14.2. The maximum atomic E-state index is 5.77. The molecule has 0 saturated heterocycles. The second-order valence-corrected chi connectivity index (χ2v) is 5.25.